The van der Waals surface area contributed by atoms with Crippen molar-refractivity contribution < 1.29 is 4.74 Å². The Bertz CT molecular complexity index is 1340. The summed E-state index contributed by atoms with van der Waals surface area (Å²) in [5.41, 5.74) is 9.18. The Morgan fingerprint density at radius 2 is 1.77 bits per heavy atom. The zero-order valence-corrected chi connectivity index (χ0v) is 18.1. The van der Waals surface area contributed by atoms with E-state index in [-0.39, 0.29) is 6.04 Å². The third kappa shape index (κ3) is 4.10. The molecule has 2 N–H and O–H groups in total. The summed E-state index contributed by atoms with van der Waals surface area (Å²) < 4.78 is 8.07. The van der Waals surface area contributed by atoms with Crippen molar-refractivity contribution in [2.45, 2.75) is 12.5 Å². The first-order valence-corrected chi connectivity index (χ1v) is 11.1. The van der Waals surface area contributed by atoms with Crippen LogP contribution < -0.4 is 10.5 Å². The maximum atomic E-state index is 6.52. The van der Waals surface area contributed by atoms with Gasteiger partial charge in [-0.1, -0.05) is 48.0 Å². The molecule has 3 heterocycles. The number of halogens is 1. The van der Waals surface area contributed by atoms with Crippen LogP contribution in [0.25, 0.3) is 31.7 Å². The van der Waals surface area contributed by atoms with Gasteiger partial charge in [-0.15, -0.1) is 11.3 Å². The van der Waals surface area contributed by atoms with Gasteiger partial charge in [-0.25, -0.2) is 4.98 Å². The van der Waals surface area contributed by atoms with Crippen LogP contribution in [0.5, 0.6) is 5.88 Å². The zero-order valence-electron chi connectivity index (χ0n) is 16.5. The molecule has 0 aliphatic heterocycles. The van der Waals surface area contributed by atoms with Gasteiger partial charge in [0.1, 0.15) is 11.3 Å². The lowest BCUT2D eigenvalue weighted by Crippen LogP contribution is -2.30. The van der Waals surface area contributed by atoms with Gasteiger partial charge in [0.2, 0.25) is 5.88 Å². The van der Waals surface area contributed by atoms with Crippen LogP contribution in [0.2, 0.25) is 5.02 Å². The fourth-order valence-electron chi connectivity index (χ4n) is 3.51. The van der Waals surface area contributed by atoms with Crippen LogP contribution in [0.4, 0.5) is 0 Å². The predicted molar refractivity (Wildman–Crippen MR) is 127 cm³/mol. The van der Waals surface area contributed by atoms with E-state index < -0.39 is 0 Å². The van der Waals surface area contributed by atoms with Crippen LogP contribution in [-0.4, -0.2) is 27.6 Å². The second-order valence-electron chi connectivity index (χ2n) is 7.24. The quantitative estimate of drug-likeness (QED) is 0.372. The second kappa shape index (κ2) is 8.59. The molecule has 0 radical (unpaired) electrons. The van der Waals surface area contributed by atoms with Crippen molar-refractivity contribution in [2.24, 2.45) is 5.73 Å². The molecule has 31 heavy (non-hydrogen) atoms. The minimum absolute atomic E-state index is 0.158. The fourth-order valence-corrected chi connectivity index (χ4v) is 4.94. The van der Waals surface area contributed by atoms with Crippen LogP contribution in [0, 0.1) is 0 Å². The molecule has 3 aromatic heterocycles. The highest BCUT2D eigenvalue weighted by molar-refractivity contribution is 7.26. The number of aromatic nitrogens is 3. The number of thiophene rings is 1. The molecule has 0 bridgehead atoms. The van der Waals surface area contributed by atoms with Gasteiger partial charge in [-0.05, 0) is 36.2 Å². The number of pyridine rings is 1. The molecule has 0 aliphatic carbocycles. The third-order valence-corrected chi connectivity index (χ3v) is 6.42. The molecule has 154 valence electrons. The van der Waals surface area contributed by atoms with E-state index in [1.807, 2.05) is 48.5 Å². The number of benzene rings is 2. The van der Waals surface area contributed by atoms with Gasteiger partial charge in [-0.2, -0.15) is 4.98 Å². The smallest absolute Gasteiger partial charge is 0.235 e. The first-order valence-electron chi connectivity index (χ1n) is 9.90. The minimum Gasteiger partial charge on any atom is -0.475 e. The van der Waals surface area contributed by atoms with Crippen molar-refractivity contribution in [2.75, 3.05) is 6.61 Å². The Morgan fingerprint density at radius 3 is 2.58 bits per heavy atom. The Hall–Kier alpha value is -3.06. The lowest BCUT2D eigenvalue weighted by Gasteiger charge is -2.14. The number of hydrogen-bond donors (Lipinski definition) is 1. The highest BCUT2D eigenvalue weighted by Gasteiger charge is 2.18. The first-order chi connectivity index (χ1) is 15.2. The van der Waals surface area contributed by atoms with Crippen LogP contribution in [0.1, 0.15) is 5.56 Å². The monoisotopic (exact) mass is 446 g/mol. The number of nitrogens with two attached hydrogens (primary N) is 1. The van der Waals surface area contributed by atoms with Crippen molar-refractivity contribution in [1.82, 2.24) is 15.0 Å². The molecule has 0 amide bonds. The molecule has 0 aliphatic rings. The first kappa shape index (κ1) is 19.9. The number of fused-ring (bicyclic) bond motifs is 3. The molecular weight excluding hydrogens is 428 g/mol. The molecule has 0 unspecified atom stereocenters. The van der Waals surface area contributed by atoms with E-state index in [1.165, 1.54) is 5.56 Å². The normalized spacial score (nSPS) is 12.3. The van der Waals surface area contributed by atoms with Crippen LogP contribution in [0.3, 0.4) is 0 Å². The summed E-state index contributed by atoms with van der Waals surface area (Å²) in [5.74, 6) is 1.10. The molecule has 0 saturated carbocycles. The SMILES string of the molecule is N[C@@H](COc1nc(-c2ccncc2)nc2c1sc1cccc(Cl)c12)Cc1ccccc1. The van der Waals surface area contributed by atoms with Gasteiger partial charge >= 0.3 is 0 Å². The molecule has 2 aromatic carbocycles. The van der Waals surface area contributed by atoms with Crippen LogP contribution in [0.15, 0.2) is 73.1 Å². The second-order valence-corrected chi connectivity index (χ2v) is 8.70. The molecule has 5 aromatic rings. The van der Waals surface area contributed by atoms with E-state index in [0.717, 1.165) is 32.3 Å². The Morgan fingerprint density at radius 1 is 0.968 bits per heavy atom. The lowest BCUT2D eigenvalue weighted by atomic mass is 10.1. The number of ether oxygens (including phenoxy) is 1. The third-order valence-electron chi connectivity index (χ3n) is 4.97. The number of rotatable bonds is 6. The van der Waals surface area contributed by atoms with Crippen molar-refractivity contribution in [3.8, 4) is 17.3 Å². The molecule has 5 nitrogen and oxygen atoms in total. The Kier molecular flexibility index (Phi) is 5.51. The molecular formula is C24H19ClN4OS. The molecule has 7 heteroatoms. The molecule has 0 fully saturated rings. The topological polar surface area (TPSA) is 73.9 Å². The number of nitrogens with zero attached hydrogens (tertiary/aromatic N) is 3. The van der Waals surface area contributed by atoms with Crippen molar-refractivity contribution in [1.29, 1.82) is 0 Å². The van der Waals surface area contributed by atoms with Gasteiger partial charge in [0.15, 0.2) is 5.82 Å². The van der Waals surface area contributed by atoms with E-state index in [4.69, 9.17) is 32.0 Å². The maximum Gasteiger partial charge on any atom is 0.235 e. The van der Waals surface area contributed by atoms with Gasteiger partial charge in [0.25, 0.3) is 0 Å². The fraction of sp³-hybridized carbons (Fsp3) is 0.125. The standard InChI is InChI=1S/C24H19ClN4OS/c25-18-7-4-8-19-20(18)21-22(31-19)24(29-23(28-21)16-9-11-27-12-10-16)30-14-17(26)13-15-5-2-1-3-6-15/h1-12,17H,13-14,26H2/t17-/m1/s1. The summed E-state index contributed by atoms with van der Waals surface area (Å²) >= 11 is 8.10. The number of hydrogen-bond acceptors (Lipinski definition) is 6. The molecule has 0 spiro atoms. The summed E-state index contributed by atoms with van der Waals surface area (Å²) in [6, 6.07) is 19.6. The lowest BCUT2D eigenvalue weighted by molar-refractivity contribution is 0.281. The maximum absolute atomic E-state index is 6.52. The van der Waals surface area contributed by atoms with Gasteiger partial charge in [-0.3, -0.25) is 4.98 Å². The summed E-state index contributed by atoms with van der Waals surface area (Å²) in [7, 11) is 0. The minimum atomic E-state index is -0.158. The van der Waals surface area contributed by atoms with E-state index >= 15 is 0 Å². The van der Waals surface area contributed by atoms with Gasteiger partial charge in [0.05, 0.1) is 10.5 Å². The average Bonchev–Trinajstić information content (AvgIpc) is 3.19. The van der Waals surface area contributed by atoms with Crippen LogP contribution in [-0.2, 0) is 6.42 Å². The summed E-state index contributed by atoms with van der Waals surface area (Å²) in [5, 5.41) is 1.58. The van der Waals surface area contributed by atoms with Crippen molar-refractivity contribution >= 4 is 43.2 Å². The van der Waals surface area contributed by atoms with Gasteiger partial charge in [0, 0.05) is 34.1 Å². The molecule has 1 atom stereocenters. The van der Waals surface area contributed by atoms with Gasteiger partial charge < -0.3 is 10.5 Å². The van der Waals surface area contributed by atoms with Crippen molar-refractivity contribution in [3.63, 3.8) is 0 Å². The Balaban J connectivity index is 1.54. The summed E-state index contributed by atoms with van der Waals surface area (Å²) in [6.07, 6.45) is 4.17. The van der Waals surface area contributed by atoms with Crippen LogP contribution >= 0.6 is 22.9 Å². The largest absolute Gasteiger partial charge is 0.475 e. The van der Waals surface area contributed by atoms with Crippen molar-refractivity contribution in [3.05, 3.63) is 83.6 Å². The summed E-state index contributed by atoms with van der Waals surface area (Å²) in [4.78, 5) is 13.6. The van der Waals surface area contributed by atoms with E-state index in [2.05, 4.69) is 17.1 Å². The Labute approximate surface area is 188 Å². The van der Waals surface area contributed by atoms with E-state index in [9.17, 15) is 0 Å². The average molecular weight is 447 g/mol. The van der Waals surface area contributed by atoms with E-state index in [1.54, 1.807) is 23.7 Å². The molecule has 5 rings (SSSR count). The zero-order chi connectivity index (χ0) is 21.2. The predicted octanol–water partition coefficient (Wildman–Crippen LogP) is 5.51. The highest BCUT2D eigenvalue weighted by Crippen LogP contribution is 2.41. The summed E-state index contributed by atoms with van der Waals surface area (Å²) in [6.45, 7) is 0.346. The molecule has 0 saturated heterocycles. The van der Waals surface area contributed by atoms with E-state index in [0.29, 0.717) is 23.3 Å². The highest BCUT2D eigenvalue weighted by atomic mass is 35.5.